The molecule has 0 unspecified atom stereocenters. The standard InChI is InChI=1S/C15H33NO/c1-5-6-7-8-9-10-11-12-13-16-14-15(2,3)17-4/h16H,5-14H2,1-4H3. The molecule has 0 aliphatic carbocycles. The van der Waals surface area contributed by atoms with Gasteiger partial charge in [0.2, 0.25) is 0 Å². The van der Waals surface area contributed by atoms with Gasteiger partial charge in [0.25, 0.3) is 0 Å². The number of nitrogens with one attached hydrogen (secondary N) is 1. The van der Waals surface area contributed by atoms with Gasteiger partial charge in [-0.1, -0.05) is 51.9 Å². The Morgan fingerprint density at radius 1 is 0.882 bits per heavy atom. The SMILES string of the molecule is CCCCCCCCCCNCC(C)(C)OC. The summed E-state index contributed by atoms with van der Waals surface area (Å²) < 4.78 is 5.36. The molecule has 0 rings (SSSR count). The summed E-state index contributed by atoms with van der Waals surface area (Å²) >= 11 is 0. The molecule has 2 heteroatoms. The van der Waals surface area contributed by atoms with Gasteiger partial charge in [-0.3, -0.25) is 0 Å². The van der Waals surface area contributed by atoms with Crippen molar-refractivity contribution in [1.82, 2.24) is 5.32 Å². The van der Waals surface area contributed by atoms with Crippen LogP contribution < -0.4 is 5.32 Å². The third kappa shape index (κ3) is 12.2. The van der Waals surface area contributed by atoms with Crippen LogP contribution in [0.3, 0.4) is 0 Å². The first-order chi connectivity index (χ1) is 8.12. The summed E-state index contributed by atoms with van der Waals surface area (Å²) in [6, 6.07) is 0. The van der Waals surface area contributed by atoms with Crippen molar-refractivity contribution in [3.05, 3.63) is 0 Å². The largest absolute Gasteiger partial charge is 0.377 e. The average Bonchev–Trinajstić information content (AvgIpc) is 2.31. The summed E-state index contributed by atoms with van der Waals surface area (Å²) in [5.41, 5.74) is -0.0276. The van der Waals surface area contributed by atoms with Gasteiger partial charge in [0.1, 0.15) is 0 Å². The van der Waals surface area contributed by atoms with Gasteiger partial charge in [-0.15, -0.1) is 0 Å². The molecule has 1 N–H and O–H groups in total. The molecule has 0 bridgehead atoms. The maximum Gasteiger partial charge on any atom is 0.0746 e. The first kappa shape index (κ1) is 16.9. The minimum atomic E-state index is -0.0276. The van der Waals surface area contributed by atoms with Crippen LogP contribution >= 0.6 is 0 Å². The summed E-state index contributed by atoms with van der Waals surface area (Å²) in [5.74, 6) is 0. The van der Waals surface area contributed by atoms with Crippen LogP contribution in [-0.4, -0.2) is 25.8 Å². The van der Waals surface area contributed by atoms with Gasteiger partial charge >= 0.3 is 0 Å². The van der Waals surface area contributed by atoms with E-state index in [4.69, 9.17) is 4.74 Å². The molecule has 0 saturated carbocycles. The summed E-state index contributed by atoms with van der Waals surface area (Å²) in [5, 5.41) is 3.46. The highest BCUT2D eigenvalue weighted by Crippen LogP contribution is 2.08. The minimum absolute atomic E-state index is 0.0276. The van der Waals surface area contributed by atoms with Crippen LogP contribution in [0.15, 0.2) is 0 Å². The highest BCUT2D eigenvalue weighted by atomic mass is 16.5. The third-order valence-corrected chi connectivity index (χ3v) is 3.31. The fraction of sp³-hybridized carbons (Fsp3) is 1.00. The van der Waals surface area contributed by atoms with E-state index in [1.165, 1.54) is 51.4 Å². The van der Waals surface area contributed by atoms with Crippen molar-refractivity contribution in [3.63, 3.8) is 0 Å². The first-order valence-corrected chi connectivity index (χ1v) is 7.38. The number of ether oxygens (including phenoxy) is 1. The molecule has 0 aromatic carbocycles. The maximum atomic E-state index is 5.36. The van der Waals surface area contributed by atoms with E-state index in [1.54, 1.807) is 7.11 Å². The lowest BCUT2D eigenvalue weighted by molar-refractivity contribution is 0.0234. The van der Waals surface area contributed by atoms with Crippen molar-refractivity contribution in [2.24, 2.45) is 0 Å². The van der Waals surface area contributed by atoms with Crippen molar-refractivity contribution in [2.45, 2.75) is 77.7 Å². The first-order valence-electron chi connectivity index (χ1n) is 7.38. The zero-order valence-corrected chi connectivity index (χ0v) is 12.5. The Balaban J connectivity index is 3.09. The van der Waals surface area contributed by atoms with E-state index < -0.39 is 0 Å². The lowest BCUT2D eigenvalue weighted by Crippen LogP contribution is -2.37. The molecule has 0 fully saturated rings. The Kier molecular flexibility index (Phi) is 11.0. The van der Waals surface area contributed by atoms with E-state index in [9.17, 15) is 0 Å². The number of rotatable bonds is 12. The molecule has 0 amide bonds. The van der Waals surface area contributed by atoms with Crippen molar-refractivity contribution >= 4 is 0 Å². The molecule has 0 aliphatic heterocycles. The smallest absolute Gasteiger partial charge is 0.0746 e. The van der Waals surface area contributed by atoms with Gasteiger partial charge in [-0.2, -0.15) is 0 Å². The van der Waals surface area contributed by atoms with Gasteiger partial charge in [0.05, 0.1) is 5.60 Å². The van der Waals surface area contributed by atoms with Crippen molar-refractivity contribution in [2.75, 3.05) is 20.2 Å². The average molecular weight is 243 g/mol. The molecule has 0 aromatic heterocycles. The van der Waals surface area contributed by atoms with Crippen LogP contribution in [0.2, 0.25) is 0 Å². The van der Waals surface area contributed by atoms with Gasteiger partial charge < -0.3 is 10.1 Å². The van der Waals surface area contributed by atoms with Crippen LogP contribution in [0, 0.1) is 0 Å². The van der Waals surface area contributed by atoms with Gasteiger partial charge in [0, 0.05) is 13.7 Å². The summed E-state index contributed by atoms with van der Waals surface area (Å²) in [7, 11) is 1.78. The van der Waals surface area contributed by atoms with Crippen molar-refractivity contribution in [1.29, 1.82) is 0 Å². The molecule has 0 spiro atoms. The number of hydrogen-bond acceptors (Lipinski definition) is 2. The van der Waals surface area contributed by atoms with E-state index in [0.29, 0.717) is 0 Å². The van der Waals surface area contributed by atoms with Crippen LogP contribution in [-0.2, 0) is 4.74 Å². The summed E-state index contributed by atoms with van der Waals surface area (Å²) in [6.07, 6.45) is 11.1. The molecule has 0 heterocycles. The quantitative estimate of drug-likeness (QED) is 0.520. The second-order valence-electron chi connectivity index (χ2n) is 5.62. The highest BCUT2D eigenvalue weighted by molar-refractivity contribution is 4.70. The van der Waals surface area contributed by atoms with E-state index >= 15 is 0 Å². The molecule has 17 heavy (non-hydrogen) atoms. The molecule has 0 radical (unpaired) electrons. The van der Waals surface area contributed by atoms with Gasteiger partial charge in [-0.05, 0) is 26.8 Å². The molecule has 104 valence electrons. The fourth-order valence-electron chi connectivity index (χ4n) is 1.85. The molecule has 0 aromatic rings. The van der Waals surface area contributed by atoms with E-state index in [2.05, 4.69) is 26.1 Å². The van der Waals surface area contributed by atoms with E-state index in [1.807, 2.05) is 0 Å². The Hall–Kier alpha value is -0.0800. The fourth-order valence-corrected chi connectivity index (χ4v) is 1.85. The number of unbranched alkanes of at least 4 members (excludes halogenated alkanes) is 7. The predicted molar refractivity (Wildman–Crippen MR) is 76.6 cm³/mol. The molecule has 0 atom stereocenters. The van der Waals surface area contributed by atoms with Crippen LogP contribution in [0.1, 0.15) is 72.1 Å². The van der Waals surface area contributed by atoms with E-state index in [-0.39, 0.29) is 5.60 Å². The zero-order valence-electron chi connectivity index (χ0n) is 12.5. The second kappa shape index (κ2) is 11.0. The topological polar surface area (TPSA) is 21.3 Å². The second-order valence-corrected chi connectivity index (χ2v) is 5.62. The molecular weight excluding hydrogens is 210 g/mol. The molecule has 0 saturated heterocycles. The summed E-state index contributed by atoms with van der Waals surface area (Å²) in [6.45, 7) is 8.58. The van der Waals surface area contributed by atoms with Gasteiger partial charge in [-0.25, -0.2) is 0 Å². The Labute approximate surface area is 109 Å². The molecule has 0 aliphatic rings. The van der Waals surface area contributed by atoms with Crippen LogP contribution in [0.25, 0.3) is 0 Å². The minimum Gasteiger partial charge on any atom is -0.377 e. The lowest BCUT2D eigenvalue weighted by atomic mass is 10.1. The van der Waals surface area contributed by atoms with Crippen LogP contribution in [0.4, 0.5) is 0 Å². The third-order valence-electron chi connectivity index (χ3n) is 3.31. The lowest BCUT2D eigenvalue weighted by Gasteiger charge is -2.23. The Morgan fingerprint density at radius 2 is 1.41 bits per heavy atom. The zero-order chi connectivity index (χ0) is 13.0. The Bertz CT molecular complexity index is 157. The summed E-state index contributed by atoms with van der Waals surface area (Å²) in [4.78, 5) is 0. The maximum absolute atomic E-state index is 5.36. The normalized spacial score (nSPS) is 12.0. The Morgan fingerprint density at radius 3 is 1.94 bits per heavy atom. The predicted octanol–water partition coefficient (Wildman–Crippen LogP) is 4.14. The highest BCUT2D eigenvalue weighted by Gasteiger charge is 2.14. The van der Waals surface area contributed by atoms with Gasteiger partial charge in [0.15, 0.2) is 0 Å². The van der Waals surface area contributed by atoms with Crippen LogP contribution in [0.5, 0.6) is 0 Å². The van der Waals surface area contributed by atoms with Crippen molar-refractivity contribution in [3.8, 4) is 0 Å². The number of methoxy groups -OCH3 is 1. The van der Waals surface area contributed by atoms with E-state index in [0.717, 1.165) is 13.1 Å². The molecule has 2 nitrogen and oxygen atoms in total. The number of hydrogen-bond donors (Lipinski definition) is 1. The van der Waals surface area contributed by atoms with Crippen molar-refractivity contribution < 1.29 is 4.74 Å². The monoisotopic (exact) mass is 243 g/mol. The molecular formula is C15H33NO.